The van der Waals surface area contributed by atoms with E-state index in [2.05, 4.69) is 20.1 Å². The number of anilines is 1. The number of hydrogen-bond donors (Lipinski definition) is 2. The Morgan fingerprint density at radius 2 is 1.94 bits per heavy atom. The summed E-state index contributed by atoms with van der Waals surface area (Å²) in [4.78, 5) is 19.5. The van der Waals surface area contributed by atoms with Crippen molar-refractivity contribution in [3.8, 4) is 5.75 Å². The van der Waals surface area contributed by atoms with Crippen LogP contribution in [0.4, 0.5) is 19.1 Å². The van der Waals surface area contributed by atoms with E-state index in [1.165, 1.54) is 18.2 Å². The number of alkyl halides is 3. The number of amides is 1. The highest BCUT2D eigenvalue weighted by molar-refractivity contribution is 5.97. The predicted molar refractivity (Wildman–Crippen MR) is 122 cm³/mol. The van der Waals surface area contributed by atoms with Crippen LogP contribution in [0.1, 0.15) is 22.5 Å². The quantitative estimate of drug-likeness (QED) is 0.434. The van der Waals surface area contributed by atoms with Crippen molar-refractivity contribution in [2.24, 2.45) is 5.92 Å². The number of benzene rings is 2. The van der Waals surface area contributed by atoms with Crippen LogP contribution in [0.5, 0.6) is 5.75 Å². The minimum Gasteiger partial charge on any atom is -0.405 e. The summed E-state index contributed by atoms with van der Waals surface area (Å²) in [5.41, 5.74) is 1.87. The molecule has 182 valence electrons. The molecule has 0 aliphatic carbocycles. The van der Waals surface area contributed by atoms with Crippen molar-refractivity contribution in [3.05, 3.63) is 65.9 Å². The summed E-state index contributed by atoms with van der Waals surface area (Å²) < 4.78 is 43.8. The summed E-state index contributed by atoms with van der Waals surface area (Å²) in [7, 11) is 0. The molecule has 0 unspecified atom stereocenters. The van der Waals surface area contributed by atoms with E-state index in [4.69, 9.17) is 4.98 Å². The summed E-state index contributed by atoms with van der Waals surface area (Å²) in [5.74, 6) is -0.490. The van der Waals surface area contributed by atoms with Gasteiger partial charge in [0.05, 0.1) is 28.8 Å². The van der Waals surface area contributed by atoms with Gasteiger partial charge in [0.1, 0.15) is 5.75 Å². The molecule has 2 aromatic carbocycles. The molecule has 0 spiro atoms. The highest BCUT2D eigenvalue weighted by Crippen LogP contribution is 2.29. The maximum atomic E-state index is 12.7. The molecule has 1 aliphatic heterocycles. The molecule has 5 rings (SSSR count). The first-order valence-corrected chi connectivity index (χ1v) is 11.1. The second-order valence-corrected chi connectivity index (χ2v) is 8.37. The second kappa shape index (κ2) is 9.06. The minimum atomic E-state index is -4.91. The Labute approximate surface area is 197 Å². The summed E-state index contributed by atoms with van der Waals surface area (Å²) in [6.45, 7) is 1.48. The van der Waals surface area contributed by atoms with Gasteiger partial charge in [-0.15, -0.1) is 13.2 Å². The fourth-order valence-electron chi connectivity index (χ4n) is 4.31. The molecule has 2 aromatic heterocycles. The number of ether oxygens (including phenoxy) is 1. The topological polar surface area (TPSA) is 92.0 Å². The van der Waals surface area contributed by atoms with Crippen LogP contribution in [-0.2, 0) is 6.54 Å². The zero-order valence-corrected chi connectivity index (χ0v) is 18.5. The fraction of sp³-hybridized carbons (Fsp3) is 0.292. The van der Waals surface area contributed by atoms with Gasteiger partial charge in [0.2, 0.25) is 5.95 Å². The lowest BCUT2D eigenvalue weighted by Crippen LogP contribution is -2.26. The molecule has 11 heteroatoms. The van der Waals surface area contributed by atoms with Gasteiger partial charge in [0.15, 0.2) is 0 Å². The highest BCUT2D eigenvalue weighted by Gasteiger charge is 2.33. The van der Waals surface area contributed by atoms with Crippen LogP contribution >= 0.6 is 0 Å². The molecule has 3 heterocycles. The van der Waals surface area contributed by atoms with Crippen LogP contribution in [0.3, 0.4) is 0 Å². The normalized spacial score (nSPS) is 16.2. The standard InChI is InChI=1S/C24H22F3N5O3/c25-24(26,27)35-21-8-4-2-6-18(21)22(34)28-12-16-11-20-17-5-1-3-7-19(17)29-23(32(20)30-16)31-10-9-15(13-31)14-33/h1-8,11,15,33H,9-10,12-14H2,(H,28,34)/t15-/m0/s1. The number of halogens is 3. The Kier molecular flexibility index (Phi) is 5.93. The van der Waals surface area contributed by atoms with Gasteiger partial charge >= 0.3 is 6.36 Å². The van der Waals surface area contributed by atoms with E-state index in [1.54, 1.807) is 4.52 Å². The summed E-state index contributed by atoms with van der Waals surface area (Å²) in [5, 5.41) is 17.7. The summed E-state index contributed by atoms with van der Waals surface area (Å²) >= 11 is 0. The maximum Gasteiger partial charge on any atom is 0.573 e. The van der Waals surface area contributed by atoms with Gasteiger partial charge in [-0.1, -0.05) is 30.3 Å². The SMILES string of the molecule is O=C(NCc1cc2c3ccccc3nc(N3CC[C@H](CO)C3)n2n1)c1ccccc1OC(F)(F)F. The average Bonchev–Trinajstić information content (AvgIpc) is 3.49. The molecule has 0 saturated carbocycles. The maximum absolute atomic E-state index is 12.7. The van der Waals surface area contributed by atoms with E-state index in [-0.39, 0.29) is 24.6 Å². The Hall–Kier alpha value is -3.86. The molecule has 35 heavy (non-hydrogen) atoms. The van der Waals surface area contributed by atoms with Crippen molar-refractivity contribution >= 4 is 28.3 Å². The molecule has 1 amide bonds. The van der Waals surface area contributed by atoms with Crippen molar-refractivity contribution < 1.29 is 27.8 Å². The summed E-state index contributed by atoms with van der Waals surface area (Å²) in [6, 6.07) is 14.6. The first kappa shape index (κ1) is 22.9. The van der Waals surface area contributed by atoms with E-state index in [0.29, 0.717) is 18.2 Å². The van der Waals surface area contributed by atoms with Crippen molar-refractivity contribution in [3.63, 3.8) is 0 Å². The monoisotopic (exact) mass is 485 g/mol. The lowest BCUT2D eigenvalue weighted by molar-refractivity contribution is -0.274. The van der Waals surface area contributed by atoms with Crippen LogP contribution < -0.4 is 15.0 Å². The summed E-state index contributed by atoms with van der Waals surface area (Å²) in [6.07, 6.45) is -4.07. The van der Waals surface area contributed by atoms with Crippen LogP contribution in [0.25, 0.3) is 16.4 Å². The molecule has 0 bridgehead atoms. The number of para-hydroxylation sites is 2. The third kappa shape index (κ3) is 4.72. The Morgan fingerprint density at radius 3 is 2.71 bits per heavy atom. The van der Waals surface area contributed by atoms with E-state index < -0.39 is 18.0 Å². The van der Waals surface area contributed by atoms with E-state index in [1.807, 2.05) is 30.3 Å². The van der Waals surface area contributed by atoms with Gasteiger partial charge < -0.3 is 20.1 Å². The highest BCUT2D eigenvalue weighted by atomic mass is 19.4. The van der Waals surface area contributed by atoms with E-state index in [0.717, 1.165) is 35.5 Å². The number of aromatic nitrogens is 3. The molecule has 0 radical (unpaired) electrons. The number of rotatable bonds is 6. The molecule has 8 nitrogen and oxygen atoms in total. The number of hydrogen-bond acceptors (Lipinski definition) is 6. The number of nitrogens with one attached hydrogen (secondary N) is 1. The number of aliphatic hydroxyl groups is 1. The molecule has 1 aliphatic rings. The van der Waals surface area contributed by atoms with Crippen LogP contribution in [0.15, 0.2) is 54.6 Å². The number of aliphatic hydroxyl groups excluding tert-OH is 1. The van der Waals surface area contributed by atoms with E-state index in [9.17, 15) is 23.1 Å². The Balaban J connectivity index is 1.44. The van der Waals surface area contributed by atoms with Gasteiger partial charge in [0.25, 0.3) is 5.91 Å². The van der Waals surface area contributed by atoms with Crippen LogP contribution in [0, 0.1) is 5.92 Å². The van der Waals surface area contributed by atoms with Gasteiger partial charge in [0, 0.05) is 31.0 Å². The third-order valence-corrected chi connectivity index (χ3v) is 5.96. The van der Waals surface area contributed by atoms with Gasteiger partial charge in [-0.3, -0.25) is 4.79 Å². The molecular weight excluding hydrogens is 463 g/mol. The number of nitrogens with zero attached hydrogens (tertiary/aromatic N) is 4. The lowest BCUT2D eigenvalue weighted by atomic mass is 10.1. The first-order chi connectivity index (χ1) is 16.8. The van der Waals surface area contributed by atoms with Crippen molar-refractivity contribution in [2.45, 2.75) is 19.3 Å². The van der Waals surface area contributed by atoms with Gasteiger partial charge in [-0.2, -0.15) is 9.61 Å². The molecule has 1 atom stereocenters. The zero-order valence-electron chi connectivity index (χ0n) is 18.5. The largest absolute Gasteiger partial charge is 0.573 e. The fourth-order valence-corrected chi connectivity index (χ4v) is 4.31. The Bertz CT molecular complexity index is 1390. The van der Waals surface area contributed by atoms with Gasteiger partial charge in [-0.25, -0.2) is 4.98 Å². The third-order valence-electron chi connectivity index (χ3n) is 5.96. The lowest BCUT2D eigenvalue weighted by Gasteiger charge is -2.19. The van der Waals surface area contributed by atoms with Crippen LogP contribution in [-0.4, -0.2) is 51.7 Å². The molecule has 2 N–H and O–H groups in total. The molecular formula is C24H22F3N5O3. The second-order valence-electron chi connectivity index (χ2n) is 8.37. The minimum absolute atomic E-state index is 0.00605. The zero-order chi connectivity index (χ0) is 24.6. The van der Waals surface area contributed by atoms with Crippen molar-refractivity contribution in [1.29, 1.82) is 0 Å². The Morgan fingerprint density at radius 1 is 1.17 bits per heavy atom. The number of carbonyl (C=O) groups excluding carboxylic acids is 1. The van der Waals surface area contributed by atoms with Crippen LogP contribution in [0.2, 0.25) is 0 Å². The van der Waals surface area contributed by atoms with E-state index >= 15 is 0 Å². The molecule has 1 saturated heterocycles. The van der Waals surface area contributed by atoms with Crippen molar-refractivity contribution in [2.75, 3.05) is 24.6 Å². The molecule has 1 fully saturated rings. The molecule has 4 aromatic rings. The first-order valence-electron chi connectivity index (χ1n) is 11.1. The predicted octanol–water partition coefficient (Wildman–Crippen LogP) is 3.53. The number of fused-ring (bicyclic) bond motifs is 3. The van der Waals surface area contributed by atoms with Crippen molar-refractivity contribution in [1.82, 2.24) is 19.9 Å². The average molecular weight is 485 g/mol. The smallest absolute Gasteiger partial charge is 0.405 e. The van der Waals surface area contributed by atoms with Gasteiger partial charge in [-0.05, 0) is 30.7 Å². The number of carbonyl (C=O) groups is 1.